The molecule has 5 rings (SSSR count). The van der Waals surface area contributed by atoms with Crippen LogP contribution in [0, 0.1) is 11.6 Å². The van der Waals surface area contributed by atoms with Crippen LogP contribution < -0.4 is 20.1 Å². The molecule has 0 saturated carbocycles. The number of carbonyl (C=O) groups is 1. The van der Waals surface area contributed by atoms with Crippen molar-refractivity contribution in [1.82, 2.24) is 25.1 Å². The third-order valence-electron chi connectivity index (χ3n) is 6.83. The summed E-state index contributed by atoms with van der Waals surface area (Å²) >= 11 is 0. The predicted molar refractivity (Wildman–Crippen MR) is 147 cm³/mol. The lowest BCUT2D eigenvalue weighted by atomic mass is 10.2. The molecule has 0 bridgehead atoms. The summed E-state index contributed by atoms with van der Waals surface area (Å²) in [5.74, 6) is 0.0878. The molecule has 1 aliphatic heterocycles. The molecule has 2 aromatic heterocycles. The molecule has 0 unspecified atom stereocenters. The second-order valence-corrected chi connectivity index (χ2v) is 9.76. The lowest BCUT2D eigenvalue weighted by molar-refractivity contribution is -0.115. The molecule has 1 aliphatic rings. The number of methoxy groups -OCH3 is 1. The van der Waals surface area contributed by atoms with Gasteiger partial charge in [0.15, 0.2) is 17.3 Å². The average Bonchev–Trinajstić information content (AvgIpc) is 3.53. The normalized spacial score (nSPS) is 15.3. The van der Waals surface area contributed by atoms with E-state index in [1.54, 1.807) is 13.2 Å². The van der Waals surface area contributed by atoms with Crippen molar-refractivity contribution in [2.75, 3.05) is 37.4 Å². The largest absolute Gasteiger partial charge is 0.493 e. The van der Waals surface area contributed by atoms with E-state index in [9.17, 15) is 13.6 Å². The maximum absolute atomic E-state index is 13.4. The Bertz CT molecular complexity index is 1480. The van der Waals surface area contributed by atoms with E-state index in [2.05, 4.69) is 42.6 Å². The number of halogens is 2. The molecule has 0 spiro atoms. The lowest BCUT2D eigenvalue weighted by Gasteiger charge is -2.21. The summed E-state index contributed by atoms with van der Waals surface area (Å²) in [7, 11) is 1.58. The Morgan fingerprint density at radius 1 is 1.12 bits per heavy atom. The number of anilines is 3. The number of amides is 1. The molecule has 1 fully saturated rings. The first-order chi connectivity index (χ1) is 19.4. The number of ether oxygens (including phenoxy) is 2. The van der Waals surface area contributed by atoms with E-state index in [1.165, 1.54) is 19.2 Å². The van der Waals surface area contributed by atoms with Crippen LogP contribution in [-0.4, -0.2) is 63.8 Å². The number of aromatic nitrogens is 4. The van der Waals surface area contributed by atoms with Crippen molar-refractivity contribution in [2.24, 2.45) is 0 Å². The highest BCUT2D eigenvalue weighted by Crippen LogP contribution is 2.34. The molecule has 0 aliphatic carbocycles. The number of carbonyl (C=O) groups excluding carboxylic acids is 1. The van der Waals surface area contributed by atoms with Gasteiger partial charge < -0.3 is 25.0 Å². The summed E-state index contributed by atoms with van der Waals surface area (Å²) in [6.45, 7) is 4.99. The third-order valence-corrected chi connectivity index (χ3v) is 6.83. The summed E-state index contributed by atoms with van der Waals surface area (Å²) in [6.07, 6.45) is 4.78. The van der Waals surface area contributed by atoms with Crippen molar-refractivity contribution in [3.8, 4) is 11.5 Å². The third kappa shape index (κ3) is 6.63. The summed E-state index contributed by atoms with van der Waals surface area (Å²) in [4.78, 5) is 23.6. The Morgan fingerprint density at radius 2 is 1.95 bits per heavy atom. The van der Waals surface area contributed by atoms with Crippen LogP contribution in [-0.2, 0) is 11.2 Å². The number of aromatic amines is 1. The smallest absolute Gasteiger partial charge is 0.230 e. The van der Waals surface area contributed by atoms with Crippen molar-refractivity contribution in [3.63, 3.8) is 0 Å². The van der Waals surface area contributed by atoms with Crippen LogP contribution >= 0.6 is 0 Å². The Morgan fingerprint density at radius 3 is 2.70 bits per heavy atom. The second kappa shape index (κ2) is 12.2. The van der Waals surface area contributed by atoms with Crippen LogP contribution in [0.5, 0.6) is 11.5 Å². The molecule has 0 radical (unpaired) electrons. The zero-order chi connectivity index (χ0) is 28.1. The number of nitrogens with zero attached hydrogens (tertiary/aromatic N) is 4. The van der Waals surface area contributed by atoms with Crippen LogP contribution in [0.4, 0.5) is 26.1 Å². The SMILES string of the molecule is COc1cc2c(Nc3cc(CC(=O)Nc4cc(F)cc(F)c4)[nH]n3)ncnc2cc1OCCCN1CCC[C@H]1C. The second-order valence-electron chi connectivity index (χ2n) is 9.76. The fourth-order valence-electron chi connectivity index (χ4n) is 4.85. The van der Waals surface area contributed by atoms with E-state index in [0.29, 0.717) is 52.4 Å². The monoisotopic (exact) mass is 551 g/mol. The highest BCUT2D eigenvalue weighted by molar-refractivity contribution is 5.93. The van der Waals surface area contributed by atoms with E-state index in [1.807, 2.05) is 12.1 Å². The highest BCUT2D eigenvalue weighted by Gasteiger charge is 2.19. The molecule has 12 heteroatoms. The topological polar surface area (TPSA) is 117 Å². The van der Waals surface area contributed by atoms with Gasteiger partial charge in [0.05, 0.1) is 25.7 Å². The van der Waals surface area contributed by atoms with Gasteiger partial charge in [-0.2, -0.15) is 5.10 Å². The maximum atomic E-state index is 13.4. The Hall–Kier alpha value is -4.32. The standard InChI is InChI=1S/C28H31F2N7O3/c1-17-5-3-6-37(17)7-4-8-40-25-15-23-22(14-24(25)39-2)28(32-16-31-23)34-26-12-21(35-36-26)13-27(38)33-20-10-18(29)9-19(30)11-20/h9-12,14-17H,3-8,13H2,1-2H3,(H,33,38)(H2,31,32,34,35,36)/t17-/m1/s1. The first kappa shape index (κ1) is 27.3. The summed E-state index contributed by atoms with van der Waals surface area (Å²) in [6, 6.07) is 8.74. The Kier molecular flexibility index (Phi) is 8.34. The predicted octanol–water partition coefficient (Wildman–Crippen LogP) is 4.82. The molecule has 1 atom stereocenters. The first-order valence-electron chi connectivity index (χ1n) is 13.1. The molecule has 210 valence electrons. The zero-order valence-corrected chi connectivity index (χ0v) is 22.3. The van der Waals surface area contributed by atoms with Crippen LogP contribution in [0.15, 0.2) is 42.7 Å². The van der Waals surface area contributed by atoms with Gasteiger partial charge in [-0.05, 0) is 50.9 Å². The first-order valence-corrected chi connectivity index (χ1v) is 13.1. The molecular weight excluding hydrogens is 520 g/mol. The average molecular weight is 552 g/mol. The Labute approximate surface area is 230 Å². The van der Waals surface area contributed by atoms with E-state index < -0.39 is 17.5 Å². The molecule has 2 aromatic carbocycles. The number of hydrogen-bond acceptors (Lipinski definition) is 8. The number of benzene rings is 2. The van der Waals surface area contributed by atoms with Crippen LogP contribution in [0.2, 0.25) is 0 Å². The molecular formula is C28H31F2N7O3. The summed E-state index contributed by atoms with van der Waals surface area (Å²) in [5.41, 5.74) is 1.19. The van der Waals surface area contributed by atoms with Gasteiger partial charge in [-0.3, -0.25) is 9.89 Å². The van der Waals surface area contributed by atoms with Crippen molar-refractivity contribution in [1.29, 1.82) is 0 Å². The van der Waals surface area contributed by atoms with E-state index in [4.69, 9.17) is 9.47 Å². The van der Waals surface area contributed by atoms with Crippen molar-refractivity contribution in [3.05, 3.63) is 60.1 Å². The van der Waals surface area contributed by atoms with Gasteiger partial charge in [0.1, 0.15) is 23.8 Å². The summed E-state index contributed by atoms with van der Waals surface area (Å²) < 4.78 is 38.4. The van der Waals surface area contributed by atoms with E-state index in [-0.39, 0.29) is 12.1 Å². The van der Waals surface area contributed by atoms with Gasteiger partial charge in [-0.15, -0.1) is 0 Å². The van der Waals surface area contributed by atoms with Gasteiger partial charge in [0, 0.05) is 47.6 Å². The summed E-state index contributed by atoms with van der Waals surface area (Å²) in [5, 5.41) is 13.3. The lowest BCUT2D eigenvalue weighted by Crippen LogP contribution is -2.28. The molecule has 10 nitrogen and oxygen atoms in total. The fraction of sp³-hybridized carbons (Fsp3) is 0.357. The number of hydrogen-bond donors (Lipinski definition) is 3. The number of nitrogens with one attached hydrogen (secondary N) is 3. The minimum absolute atomic E-state index is 0.0336. The van der Waals surface area contributed by atoms with Crippen molar-refractivity contribution < 1.29 is 23.0 Å². The fourth-order valence-corrected chi connectivity index (χ4v) is 4.85. The van der Waals surface area contributed by atoms with Gasteiger partial charge >= 0.3 is 0 Å². The zero-order valence-electron chi connectivity index (χ0n) is 22.3. The molecule has 40 heavy (non-hydrogen) atoms. The van der Waals surface area contributed by atoms with Crippen LogP contribution in [0.1, 0.15) is 31.9 Å². The molecule has 4 aromatic rings. The van der Waals surface area contributed by atoms with Gasteiger partial charge in [0.2, 0.25) is 5.91 Å². The molecule has 1 amide bonds. The van der Waals surface area contributed by atoms with Crippen LogP contribution in [0.3, 0.4) is 0 Å². The van der Waals surface area contributed by atoms with Crippen molar-refractivity contribution >= 4 is 34.1 Å². The minimum Gasteiger partial charge on any atom is -0.493 e. The van der Waals surface area contributed by atoms with E-state index in [0.717, 1.165) is 37.7 Å². The maximum Gasteiger partial charge on any atom is 0.230 e. The number of H-pyrrole nitrogens is 1. The molecule has 1 saturated heterocycles. The number of rotatable bonds is 11. The quantitative estimate of drug-likeness (QED) is 0.227. The number of fused-ring (bicyclic) bond motifs is 1. The van der Waals surface area contributed by atoms with E-state index >= 15 is 0 Å². The van der Waals surface area contributed by atoms with Gasteiger partial charge in [-0.1, -0.05) is 0 Å². The Balaban J connectivity index is 1.23. The van der Waals surface area contributed by atoms with Gasteiger partial charge in [0.25, 0.3) is 0 Å². The molecule has 3 N–H and O–H groups in total. The number of likely N-dealkylation sites (tertiary alicyclic amines) is 1. The minimum atomic E-state index is -0.775. The van der Waals surface area contributed by atoms with Gasteiger partial charge in [-0.25, -0.2) is 18.7 Å². The molecule has 3 heterocycles. The highest BCUT2D eigenvalue weighted by atomic mass is 19.1. The van der Waals surface area contributed by atoms with Crippen LogP contribution in [0.25, 0.3) is 10.9 Å². The van der Waals surface area contributed by atoms with Crippen molar-refractivity contribution in [2.45, 2.75) is 38.6 Å².